The summed E-state index contributed by atoms with van der Waals surface area (Å²) in [7, 11) is 3.08. The molecule has 3 rings (SSSR count). The molecular formula is C20H17F3N2O3S. The zero-order valence-electron chi connectivity index (χ0n) is 15.6. The third-order valence-electron chi connectivity index (χ3n) is 3.92. The van der Waals surface area contributed by atoms with Gasteiger partial charge < -0.3 is 14.3 Å². The lowest BCUT2D eigenvalue weighted by Crippen LogP contribution is -2.03. The summed E-state index contributed by atoms with van der Waals surface area (Å²) >= 11 is 1.32. The Bertz CT molecular complexity index is 985. The molecule has 0 saturated heterocycles. The summed E-state index contributed by atoms with van der Waals surface area (Å²) in [5, 5.41) is 6.30. The maximum Gasteiger partial charge on any atom is 0.416 e. The van der Waals surface area contributed by atoms with Crippen molar-refractivity contribution in [3.05, 3.63) is 64.7 Å². The first kappa shape index (κ1) is 20.7. The van der Waals surface area contributed by atoms with Crippen molar-refractivity contribution in [1.29, 1.82) is 0 Å². The van der Waals surface area contributed by atoms with Crippen LogP contribution in [0.25, 0.3) is 10.6 Å². The van der Waals surface area contributed by atoms with Crippen molar-refractivity contribution in [3.8, 4) is 22.1 Å². The van der Waals surface area contributed by atoms with Crippen LogP contribution in [0.4, 0.5) is 13.2 Å². The second-order valence-corrected chi connectivity index (χ2v) is 6.67. The molecule has 0 spiro atoms. The zero-order chi connectivity index (χ0) is 20.9. The number of nitrogens with zero attached hydrogens (tertiary/aromatic N) is 2. The first-order valence-corrected chi connectivity index (χ1v) is 9.28. The van der Waals surface area contributed by atoms with Gasteiger partial charge in [0.15, 0.2) is 18.1 Å². The molecule has 0 unspecified atom stereocenters. The SMILES string of the molecule is COc1cccc(/C=N/OCc2csc(-c3ccc(C(F)(F)F)cc3)n2)c1OC. The maximum atomic E-state index is 12.7. The summed E-state index contributed by atoms with van der Waals surface area (Å²) in [6.45, 7) is 0.125. The van der Waals surface area contributed by atoms with Gasteiger partial charge in [-0.15, -0.1) is 11.3 Å². The predicted molar refractivity (Wildman–Crippen MR) is 104 cm³/mol. The molecule has 3 aromatic rings. The molecule has 2 aromatic carbocycles. The Morgan fingerprint density at radius 2 is 1.83 bits per heavy atom. The average molecular weight is 422 g/mol. The minimum absolute atomic E-state index is 0.125. The summed E-state index contributed by atoms with van der Waals surface area (Å²) < 4.78 is 48.5. The van der Waals surface area contributed by atoms with E-state index in [0.717, 1.165) is 12.1 Å². The summed E-state index contributed by atoms with van der Waals surface area (Å²) in [4.78, 5) is 9.65. The quantitative estimate of drug-likeness (QED) is 0.378. The number of methoxy groups -OCH3 is 2. The first-order chi connectivity index (χ1) is 13.9. The molecule has 0 aliphatic heterocycles. The number of rotatable bonds is 7. The van der Waals surface area contributed by atoms with Crippen molar-refractivity contribution in [2.75, 3.05) is 14.2 Å². The molecule has 0 aliphatic carbocycles. The van der Waals surface area contributed by atoms with Crippen LogP contribution in [-0.4, -0.2) is 25.4 Å². The average Bonchev–Trinajstić information content (AvgIpc) is 3.19. The van der Waals surface area contributed by atoms with Gasteiger partial charge in [0.05, 0.1) is 31.7 Å². The minimum Gasteiger partial charge on any atom is -0.493 e. The van der Waals surface area contributed by atoms with Crippen LogP contribution in [0, 0.1) is 0 Å². The number of hydrogen-bond acceptors (Lipinski definition) is 6. The van der Waals surface area contributed by atoms with Crippen molar-refractivity contribution in [2.24, 2.45) is 5.16 Å². The molecule has 0 aliphatic rings. The van der Waals surface area contributed by atoms with Crippen LogP contribution in [0.15, 0.2) is 53.0 Å². The van der Waals surface area contributed by atoms with Gasteiger partial charge in [-0.05, 0) is 24.3 Å². The topological polar surface area (TPSA) is 52.9 Å². The van der Waals surface area contributed by atoms with E-state index in [4.69, 9.17) is 14.3 Å². The van der Waals surface area contributed by atoms with Gasteiger partial charge in [0.25, 0.3) is 0 Å². The van der Waals surface area contributed by atoms with Crippen LogP contribution >= 0.6 is 11.3 Å². The van der Waals surface area contributed by atoms with Crippen molar-refractivity contribution >= 4 is 17.6 Å². The molecule has 0 bridgehead atoms. The van der Waals surface area contributed by atoms with Gasteiger partial charge in [0, 0.05) is 16.5 Å². The Kier molecular flexibility index (Phi) is 6.38. The Morgan fingerprint density at radius 3 is 2.48 bits per heavy atom. The maximum absolute atomic E-state index is 12.7. The lowest BCUT2D eigenvalue weighted by molar-refractivity contribution is -0.137. The number of aromatic nitrogens is 1. The van der Waals surface area contributed by atoms with Gasteiger partial charge in [-0.25, -0.2) is 4.98 Å². The first-order valence-electron chi connectivity index (χ1n) is 8.40. The number of benzene rings is 2. The summed E-state index contributed by atoms with van der Waals surface area (Å²) in [6, 6.07) is 10.3. The van der Waals surface area contributed by atoms with E-state index in [1.807, 2.05) is 0 Å². The summed E-state index contributed by atoms with van der Waals surface area (Å²) in [5.74, 6) is 1.12. The van der Waals surface area contributed by atoms with Crippen LogP contribution in [0.1, 0.15) is 16.8 Å². The Labute approximate surface area is 169 Å². The van der Waals surface area contributed by atoms with Crippen molar-refractivity contribution < 1.29 is 27.5 Å². The number of oxime groups is 1. The van der Waals surface area contributed by atoms with E-state index < -0.39 is 11.7 Å². The van der Waals surface area contributed by atoms with Crippen LogP contribution in [0.3, 0.4) is 0 Å². The van der Waals surface area contributed by atoms with Crippen molar-refractivity contribution in [3.63, 3.8) is 0 Å². The Hall–Kier alpha value is -3.07. The summed E-state index contributed by atoms with van der Waals surface area (Å²) in [6.07, 6.45) is -2.85. The lowest BCUT2D eigenvalue weighted by atomic mass is 10.1. The Morgan fingerprint density at radius 1 is 1.07 bits per heavy atom. The number of hydrogen-bond donors (Lipinski definition) is 0. The van der Waals surface area contributed by atoms with Crippen LogP contribution in [0.2, 0.25) is 0 Å². The highest BCUT2D eigenvalue weighted by Gasteiger charge is 2.30. The van der Waals surface area contributed by atoms with Gasteiger partial charge >= 0.3 is 6.18 Å². The van der Waals surface area contributed by atoms with Gasteiger partial charge in [-0.1, -0.05) is 23.4 Å². The fraction of sp³-hybridized carbons (Fsp3) is 0.200. The zero-order valence-corrected chi connectivity index (χ0v) is 16.4. The largest absolute Gasteiger partial charge is 0.493 e. The molecule has 0 fully saturated rings. The number of ether oxygens (including phenoxy) is 2. The number of alkyl halides is 3. The third-order valence-corrected chi connectivity index (χ3v) is 4.86. The molecular weight excluding hydrogens is 405 g/mol. The number of halogens is 3. The second kappa shape index (κ2) is 8.95. The van der Waals surface area contributed by atoms with Gasteiger partial charge in [0.1, 0.15) is 5.01 Å². The standard InChI is InChI=1S/C20H17F3N2O3S/c1-26-17-5-3-4-14(18(17)27-2)10-24-28-11-16-12-29-19(25-16)13-6-8-15(9-7-13)20(21,22)23/h3-10,12H,11H2,1-2H3/b24-10+. The Balaban J connectivity index is 1.62. The molecule has 9 heteroatoms. The van der Waals surface area contributed by atoms with E-state index >= 15 is 0 Å². The van der Waals surface area contributed by atoms with Crippen LogP contribution < -0.4 is 9.47 Å². The number of para-hydroxylation sites is 1. The molecule has 0 radical (unpaired) electrons. The van der Waals surface area contributed by atoms with Crippen LogP contribution in [0.5, 0.6) is 11.5 Å². The molecule has 0 N–H and O–H groups in total. The molecule has 1 aromatic heterocycles. The molecule has 1 heterocycles. The van der Waals surface area contributed by atoms with Gasteiger partial charge in [-0.2, -0.15) is 13.2 Å². The predicted octanol–water partition coefficient (Wildman–Crippen LogP) is 5.40. The molecule has 29 heavy (non-hydrogen) atoms. The highest BCUT2D eigenvalue weighted by atomic mass is 32.1. The van der Waals surface area contributed by atoms with E-state index in [1.165, 1.54) is 36.8 Å². The fourth-order valence-corrected chi connectivity index (χ4v) is 3.33. The highest BCUT2D eigenvalue weighted by Crippen LogP contribution is 2.32. The summed E-state index contributed by atoms with van der Waals surface area (Å²) in [5.41, 5.74) is 1.23. The molecule has 5 nitrogen and oxygen atoms in total. The van der Waals surface area contributed by atoms with E-state index in [0.29, 0.717) is 33.3 Å². The molecule has 0 saturated carbocycles. The highest BCUT2D eigenvalue weighted by molar-refractivity contribution is 7.13. The molecule has 0 atom stereocenters. The van der Waals surface area contributed by atoms with E-state index in [-0.39, 0.29) is 6.61 Å². The fourth-order valence-electron chi connectivity index (χ4n) is 2.52. The van der Waals surface area contributed by atoms with E-state index in [2.05, 4.69) is 10.1 Å². The minimum atomic E-state index is -4.36. The van der Waals surface area contributed by atoms with Gasteiger partial charge in [-0.3, -0.25) is 0 Å². The smallest absolute Gasteiger partial charge is 0.416 e. The van der Waals surface area contributed by atoms with Crippen molar-refractivity contribution in [1.82, 2.24) is 4.98 Å². The lowest BCUT2D eigenvalue weighted by Gasteiger charge is -2.09. The van der Waals surface area contributed by atoms with E-state index in [1.54, 1.807) is 30.7 Å². The van der Waals surface area contributed by atoms with Gasteiger partial charge in [0.2, 0.25) is 0 Å². The molecule has 152 valence electrons. The monoisotopic (exact) mass is 422 g/mol. The number of thiazole rings is 1. The van der Waals surface area contributed by atoms with E-state index in [9.17, 15) is 13.2 Å². The third kappa shape index (κ3) is 5.05. The van der Waals surface area contributed by atoms with Crippen LogP contribution in [-0.2, 0) is 17.6 Å². The second-order valence-electron chi connectivity index (χ2n) is 5.81. The van der Waals surface area contributed by atoms with Crippen molar-refractivity contribution in [2.45, 2.75) is 12.8 Å². The normalized spacial score (nSPS) is 11.6. The molecule has 0 amide bonds.